The van der Waals surface area contributed by atoms with Crippen molar-refractivity contribution in [2.75, 3.05) is 6.54 Å². The van der Waals surface area contributed by atoms with E-state index in [0.29, 0.717) is 18.6 Å². The Labute approximate surface area is 155 Å². The van der Waals surface area contributed by atoms with Gasteiger partial charge in [0.15, 0.2) is 0 Å². The average Bonchev–Trinajstić information content (AvgIpc) is 2.83. The van der Waals surface area contributed by atoms with E-state index in [1.165, 1.54) is 57.8 Å². The van der Waals surface area contributed by atoms with Gasteiger partial charge in [0.25, 0.3) is 0 Å². The van der Waals surface area contributed by atoms with Gasteiger partial charge in [0.2, 0.25) is 5.91 Å². The Kier molecular flexibility index (Phi) is 13.3. The lowest BCUT2D eigenvalue weighted by Crippen LogP contribution is -2.24. The number of hydrogen-bond acceptors (Lipinski definition) is 2. The van der Waals surface area contributed by atoms with E-state index < -0.39 is 0 Å². The summed E-state index contributed by atoms with van der Waals surface area (Å²) in [5.74, 6) is 0.335. The van der Waals surface area contributed by atoms with Crippen LogP contribution in [0.2, 0.25) is 0 Å². The highest BCUT2D eigenvalue weighted by Crippen LogP contribution is 2.19. The number of Topliss-reactive ketones (excluding diaryl/α,β-unsaturated/α-hetero) is 1. The third-order valence-electron chi connectivity index (χ3n) is 5.12. The monoisotopic (exact) mass is 349 g/mol. The molecule has 0 aromatic carbocycles. The van der Waals surface area contributed by atoms with Gasteiger partial charge in [0, 0.05) is 25.3 Å². The number of rotatable bonds is 14. The van der Waals surface area contributed by atoms with Crippen LogP contribution in [-0.2, 0) is 9.59 Å². The van der Waals surface area contributed by atoms with Crippen molar-refractivity contribution in [2.24, 2.45) is 5.92 Å². The van der Waals surface area contributed by atoms with Crippen LogP contribution >= 0.6 is 0 Å². The van der Waals surface area contributed by atoms with Crippen LogP contribution in [0.4, 0.5) is 0 Å². The molecule has 1 aliphatic heterocycles. The molecule has 0 bridgehead atoms. The molecular weight excluding hydrogens is 310 g/mol. The first kappa shape index (κ1) is 21.9. The van der Waals surface area contributed by atoms with Crippen molar-refractivity contribution < 1.29 is 9.59 Å². The molecule has 144 valence electrons. The van der Waals surface area contributed by atoms with Gasteiger partial charge in [-0.05, 0) is 44.9 Å². The standard InChI is InChI=1S/C22H39NO2/c1-2-3-4-5-6-7-8-9-10-11-12-13-14-17-21(24)20-16-15-18-23-22(25)19-20/h7-8,20H,2-6,9-19H2,1H3,(H,23,25). The first-order valence-electron chi connectivity index (χ1n) is 10.7. The van der Waals surface area contributed by atoms with Crippen LogP contribution in [0.5, 0.6) is 0 Å². The summed E-state index contributed by atoms with van der Waals surface area (Å²) in [6, 6.07) is 0. The van der Waals surface area contributed by atoms with Crippen molar-refractivity contribution in [2.45, 2.75) is 103 Å². The molecule has 1 heterocycles. The third kappa shape index (κ3) is 12.0. The smallest absolute Gasteiger partial charge is 0.220 e. The fraction of sp³-hybridized carbons (Fsp3) is 0.818. The predicted molar refractivity (Wildman–Crippen MR) is 106 cm³/mol. The number of carbonyl (C=O) groups excluding carboxylic acids is 2. The van der Waals surface area contributed by atoms with Gasteiger partial charge in [-0.3, -0.25) is 9.59 Å². The van der Waals surface area contributed by atoms with Crippen molar-refractivity contribution in [3.05, 3.63) is 12.2 Å². The van der Waals surface area contributed by atoms with Crippen LogP contribution in [0.3, 0.4) is 0 Å². The minimum Gasteiger partial charge on any atom is -0.356 e. The zero-order valence-electron chi connectivity index (χ0n) is 16.4. The number of unbranched alkanes of at least 4 members (excludes halogenated alkanes) is 9. The largest absolute Gasteiger partial charge is 0.356 e. The molecule has 1 atom stereocenters. The topological polar surface area (TPSA) is 46.2 Å². The minimum atomic E-state index is -0.0232. The van der Waals surface area contributed by atoms with E-state index in [1.807, 2.05) is 0 Å². The van der Waals surface area contributed by atoms with Crippen LogP contribution in [0.1, 0.15) is 103 Å². The first-order valence-corrected chi connectivity index (χ1v) is 10.7. The van der Waals surface area contributed by atoms with E-state index in [4.69, 9.17) is 0 Å². The van der Waals surface area contributed by atoms with E-state index in [9.17, 15) is 9.59 Å². The molecule has 1 aliphatic rings. The Morgan fingerprint density at radius 1 is 1.00 bits per heavy atom. The molecule has 3 nitrogen and oxygen atoms in total. The number of carbonyl (C=O) groups is 2. The van der Waals surface area contributed by atoms with Crippen LogP contribution < -0.4 is 5.32 Å². The average molecular weight is 350 g/mol. The molecule has 0 aromatic rings. The van der Waals surface area contributed by atoms with E-state index in [-0.39, 0.29) is 11.8 Å². The van der Waals surface area contributed by atoms with Crippen molar-refractivity contribution >= 4 is 11.7 Å². The van der Waals surface area contributed by atoms with Gasteiger partial charge in [0.05, 0.1) is 0 Å². The molecule has 25 heavy (non-hydrogen) atoms. The fourth-order valence-electron chi connectivity index (χ4n) is 3.47. The zero-order chi connectivity index (χ0) is 18.2. The number of amides is 1. The van der Waals surface area contributed by atoms with Crippen molar-refractivity contribution in [3.8, 4) is 0 Å². The molecule has 1 saturated heterocycles. The van der Waals surface area contributed by atoms with E-state index in [0.717, 1.165) is 32.2 Å². The quantitative estimate of drug-likeness (QED) is 0.321. The molecule has 3 heteroatoms. The summed E-state index contributed by atoms with van der Waals surface area (Å²) in [7, 11) is 0. The summed E-state index contributed by atoms with van der Waals surface area (Å²) < 4.78 is 0. The molecule has 0 radical (unpaired) electrons. The van der Waals surface area contributed by atoms with Crippen LogP contribution in [-0.4, -0.2) is 18.2 Å². The summed E-state index contributed by atoms with van der Waals surface area (Å²) >= 11 is 0. The maximum Gasteiger partial charge on any atom is 0.220 e. The fourth-order valence-corrected chi connectivity index (χ4v) is 3.47. The lowest BCUT2D eigenvalue weighted by Gasteiger charge is -2.11. The second kappa shape index (κ2) is 15.2. The second-order valence-corrected chi connectivity index (χ2v) is 7.49. The molecule has 1 fully saturated rings. The highest BCUT2D eigenvalue weighted by molar-refractivity contribution is 5.87. The summed E-state index contributed by atoms with van der Waals surface area (Å²) in [5.41, 5.74) is 0. The molecule has 1 amide bonds. The highest BCUT2D eigenvalue weighted by Gasteiger charge is 2.23. The Balaban J connectivity index is 1.92. The third-order valence-corrected chi connectivity index (χ3v) is 5.12. The SMILES string of the molecule is CCCCCCC=CCCCCCCCC(=O)C1CCCNC(=O)C1. The number of allylic oxidation sites excluding steroid dienone is 2. The zero-order valence-corrected chi connectivity index (χ0v) is 16.4. The maximum atomic E-state index is 12.2. The molecule has 1 N–H and O–H groups in total. The normalized spacial score (nSPS) is 18.3. The lowest BCUT2D eigenvalue weighted by molar-refractivity contribution is -0.128. The van der Waals surface area contributed by atoms with Crippen LogP contribution in [0, 0.1) is 5.92 Å². The van der Waals surface area contributed by atoms with Crippen LogP contribution in [0.25, 0.3) is 0 Å². The summed E-state index contributed by atoms with van der Waals surface area (Å²) in [5, 5.41) is 2.85. The van der Waals surface area contributed by atoms with Gasteiger partial charge in [-0.15, -0.1) is 0 Å². The molecule has 0 spiro atoms. The Bertz CT molecular complexity index is 389. The summed E-state index contributed by atoms with van der Waals surface area (Å²) in [6.45, 7) is 2.98. The summed E-state index contributed by atoms with van der Waals surface area (Å²) in [6.07, 6.45) is 21.3. The van der Waals surface area contributed by atoms with E-state index >= 15 is 0 Å². The van der Waals surface area contributed by atoms with Crippen LogP contribution in [0.15, 0.2) is 12.2 Å². The van der Waals surface area contributed by atoms with Crippen molar-refractivity contribution in [1.29, 1.82) is 0 Å². The van der Waals surface area contributed by atoms with Gasteiger partial charge >= 0.3 is 0 Å². The van der Waals surface area contributed by atoms with Gasteiger partial charge in [-0.2, -0.15) is 0 Å². The van der Waals surface area contributed by atoms with E-state index in [1.54, 1.807) is 0 Å². The molecule has 0 aliphatic carbocycles. The van der Waals surface area contributed by atoms with Crippen molar-refractivity contribution in [1.82, 2.24) is 5.32 Å². The highest BCUT2D eigenvalue weighted by atomic mass is 16.2. The van der Waals surface area contributed by atoms with Gasteiger partial charge in [0.1, 0.15) is 5.78 Å². The molecule has 1 unspecified atom stereocenters. The second-order valence-electron chi connectivity index (χ2n) is 7.49. The minimum absolute atomic E-state index is 0.0232. The van der Waals surface area contributed by atoms with Gasteiger partial charge < -0.3 is 5.32 Å². The molecule has 0 aromatic heterocycles. The van der Waals surface area contributed by atoms with Crippen molar-refractivity contribution in [3.63, 3.8) is 0 Å². The first-order chi connectivity index (χ1) is 12.2. The maximum absolute atomic E-state index is 12.2. The van der Waals surface area contributed by atoms with Gasteiger partial charge in [-0.25, -0.2) is 0 Å². The summed E-state index contributed by atoms with van der Waals surface area (Å²) in [4.78, 5) is 23.7. The predicted octanol–water partition coefficient (Wildman–Crippen LogP) is 5.73. The Morgan fingerprint density at radius 2 is 1.64 bits per heavy atom. The molecule has 1 rings (SSSR count). The van der Waals surface area contributed by atoms with Gasteiger partial charge in [-0.1, -0.05) is 57.6 Å². The molecular formula is C22H39NO2. The number of ketones is 1. The Morgan fingerprint density at radius 3 is 2.36 bits per heavy atom. The Hall–Kier alpha value is -1.12. The lowest BCUT2D eigenvalue weighted by atomic mass is 9.92. The number of nitrogens with one attached hydrogen (secondary N) is 1. The number of hydrogen-bond donors (Lipinski definition) is 1. The van der Waals surface area contributed by atoms with E-state index in [2.05, 4.69) is 24.4 Å². The molecule has 0 saturated carbocycles.